The van der Waals surface area contributed by atoms with Crippen molar-refractivity contribution in [2.45, 2.75) is 19.5 Å². The molecule has 0 aliphatic rings. The maximum absolute atomic E-state index is 12.6. The van der Waals surface area contributed by atoms with Gasteiger partial charge in [-0.2, -0.15) is 0 Å². The van der Waals surface area contributed by atoms with E-state index in [2.05, 4.69) is 20.6 Å². The minimum atomic E-state index is -0.405. The fraction of sp³-hybridized carbons (Fsp3) is 0.176. The summed E-state index contributed by atoms with van der Waals surface area (Å²) in [5, 5.41) is 17.0. The number of rotatable bonds is 3. The summed E-state index contributed by atoms with van der Waals surface area (Å²) in [6.45, 7) is 1.96. The Balaban J connectivity index is 1.75. The van der Waals surface area contributed by atoms with E-state index in [0.29, 0.717) is 21.8 Å². The predicted octanol–water partition coefficient (Wildman–Crippen LogP) is 1.16. The first kappa shape index (κ1) is 15.1. The Kier molecular flexibility index (Phi) is 3.57. The second-order valence-electron chi connectivity index (χ2n) is 5.80. The van der Waals surface area contributed by atoms with E-state index in [4.69, 9.17) is 0 Å². The summed E-state index contributed by atoms with van der Waals surface area (Å²) >= 11 is 0. The number of aromatic nitrogens is 6. The van der Waals surface area contributed by atoms with Gasteiger partial charge in [0.05, 0.1) is 23.4 Å². The van der Waals surface area contributed by atoms with Gasteiger partial charge in [0.1, 0.15) is 11.0 Å². The number of nitrogens with zero attached hydrogens (tertiary/aromatic N) is 6. The first-order valence-corrected chi connectivity index (χ1v) is 7.82. The third kappa shape index (κ3) is 2.57. The van der Waals surface area contributed by atoms with Gasteiger partial charge in [-0.1, -0.05) is 34.7 Å². The van der Waals surface area contributed by atoms with E-state index in [1.54, 1.807) is 55.5 Å². The Labute approximate surface area is 141 Å². The van der Waals surface area contributed by atoms with E-state index in [-0.39, 0.29) is 17.7 Å². The molecule has 4 rings (SSSR count). The quantitative estimate of drug-likeness (QED) is 0.558. The molecule has 0 spiro atoms. The summed E-state index contributed by atoms with van der Waals surface area (Å²) in [7, 11) is 0. The van der Waals surface area contributed by atoms with Crippen LogP contribution in [-0.2, 0) is 6.54 Å². The van der Waals surface area contributed by atoms with Gasteiger partial charge in [0, 0.05) is 0 Å². The van der Waals surface area contributed by atoms with Crippen LogP contribution >= 0.6 is 0 Å². The normalized spacial score (nSPS) is 12.5. The van der Waals surface area contributed by atoms with Crippen LogP contribution in [0.15, 0.2) is 58.1 Å². The van der Waals surface area contributed by atoms with Crippen molar-refractivity contribution in [3.8, 4) is 0 Å². The molecule has 0 bridgehead atoms. The van der Waals surface area contributed by atoms with E-state index < -0.39 is 6.04 Å². The van der Waals surface area contributed by atoms with E-state index in [0.717, 1.165) is 0 Å². The molecule has 0 amide bonds. The molecule has 0 aliphatic carbocycles. The molecule has 0 saturated carbocycles. The van der Waals surface area contributed by atoms with Gasteiger partial charge in [0.25, 0.3) is 11.1 Å². The molecule has 0 saturated heterocycles. The first-order chi connectivity index (χ1) is 12.1. The highest BCUT2D eigenvalue weighted by Crippen LogP contribution is 2.08. The summed E-state index contributed by atoms with van der Waals surface area (Å²) in [6.07, 6.45) is 0. The summed E-state index contributed by atoms with van der Waals surface area (Å²) in [6, 6.07) is 13.6. The molecule has 0 fully saturated rings. The van der Waals surface area contributed by atoms with Crippen molar-refractivity contribution >= 4 is 21.8 Å². The van der Waals surface area contributed by atoms with Crippen molar-refractivity contribution in [3.63, 3.8) is 0 Å². The standard InChI is InChI=1S/C17H14N6O2/c1-11(23-17(25)13-7-3-5-9-15(13)19-21-23)10-22-16(24)12-6-2-4-8-14(12)18-20-22/h2-9,11H,10H2,1H3. The van der Waals surface area contributed by atoms with Crippen molar-refractivity contribution in [1.29, 1.82) is 0 Å². The number of hydrogen-bond acceptors (Lipinski definition) is 6. The van der Waals surface area contributed by atoms with E-state index in [9.17, 15) is 9.59 Å². The van der Waals surface area contributed by atoms with Crippen LogP contribution in [-0.4, -0.2) is 30.0 Å². The molecule has 124 valence electrons. The highest BCUT2D eigenvalue weighted by atomic mass is 16.1. The highest BCUT2D eigenvalue weighted by Gasteiger charge is 2.14. The lowest BCUT2D eigenvalue weighted by Crippen LogP contribution is -2.33. The van der Waals surface area contributed by atoms with Gasteiger partial charge in [-0.15, -0.1) is 10.2 Å². The molecule has 2 heterocycles. The fourth-order valence-corrected chi connectivity index (χ4v) is 2.76. The summed E-state index contributed by atoms with van der Waals surface area (Å²) in [5.74, 6) is 0. The third-order valence-corrected chi connectivity index (χ3v) is 4.08. The van der Waals surface area contributed by atoms with Crippen LogP contribution in [0.5, 0.6) is 0 Å². The van der Waals surface area contributed by atoms with Crippen LogP contribution in [0.4, 0.5) is 0 Å². The van der Waals surface area contributed by atoms with Crippen molar-refractivity contribution in [2.24, 2.45) is 0 Å². The van der Waals surface area contributed by atoms with Crippen molar-refractivity contribution < 1.29 is 0 Å². The largest absolute Gasteiger partial charge is 0.277 e. The van der Waals surface area contributed by atoms with Gasteiger partial charge in [-0.3, -0.25) is 9.59 Å². The van der Waals surface area contributed by atoms with Crippen molar-refractivity contribution in [2.75, 3.05) is 0 Å². The molecular weight excluding hydrogens is 320 g/mol. The summed E-state index contributed by atoms with van der Waals surface area (Å²) < 4.78 is 2.52. The second-order valence-corrected chi connectivity index (χ2v) is 5.80. The van der Waals surface area contributed by atoms with Crippen LogP contribution in [0, 0.1) is 0 Å². The van der Waals surface area contributed by atoms with Gasteiger partial charge in [-0.25, -0.2) is 9.36 Å². The molecule has 4 aromatic rings. The molecule has 1 unspecified atom stereocenters. The number of benzene rings is 2. The maximum Gasteiger partial charge on any atom is 0.277 e. The first-order valence-electron chi connectivity index (χ1n) is 7.82. The SMILES string of the molecule is CC(Cn1nnc2ccccc2c1=O)n1nnc2ccccc2c1=O. The van der Waals surface area contributed by atoms with Crippen LogP contribution in [0.25, 0.3) is 21.8 Å². The Bertz CT molecular complexity index is 1200. The molecule has 25 heavy (non-hydrogen) atoms. The molecule has 8 heteroatoms. The van der Waals surface area contributed by atoms with E-state index >= 15 is 0 Å². The smallest absolute Gasteiger partial charge is 0.267 e. The lowest BCUT2D eigenvalue weighted by molar-refractivity contribution is 0.365. The Morgan fingerprint density at radius 1 is 0.840 bits per heavy atom. The number of fused-ring (bicyclic) bond motifs is 2. The molecule has 0 radical (unpaired) electrons. The van der Waals surface area contributed by atoms with E-state index in [1.807, 2.05) is 0 Å². The van der Waals surface area contributed by atoms with Gasteiger partial charge >= 0.3 is 0 Å². The zero-order valence-electron chi connectivity index (χ0n) is 13.4. The molecule has 0 N–H and O–H groups in total. The van der Waals surface area contributed by atoms with Crippen molar-refractivity contribution in [3.05, 3.63) is 69.2 Å². The topological polar surface area (TPSA) is 95.6 Å². The number of hydrogen-bond donors (Lipinski definition) is 0. The Morgan fingerprint density at radius 3 is 2.08 bits per heavy atom. The minimum absolute atomic E-state index is 0.170. The molecule has 8 nitrogen and oxygen atoms in total. The van der Waals surface area contributed by atoms with Gasteiger partial charge in [0.15, 0.2) is 0 Å². The molecule has 2 aromatic heterocycles. The zero-order chi connectivity index (χ0) is 17.4. The average molecular weight is 334 g/mol. The molecular formula is C17H14N6O2. The predicted molar refractivity (Wildman–Crippen MR) is 92.3 cm³/mol. The Hall–Kier alpha value is -3.42. The summed E-state index contributed by atoms with van der Waals surface area (Å²) in [4.78, 5) is 25.1. The van der Waals surface area contributed by atoms with Crippen LogP contribution in [0.3, 0.4) is 0 Å². The fourth-order valence-electron chi connectivity index (χ4n) is 2.76. The van der Waals surface area contributed by atoms with Crippen LogP contribution < -0.4 is 11.1 Å². The average Bonchev–Trinajstić information content (AvgIpc) is 2.64. The van der Waals surface area contributed by atoms with Gasteiger partial charge in [-0.05, 0) is 31.2 Å². The van der Waals surface area contributed by atoms with Crippen LogP contribution in [0.2, 0.25) is 0 Å². The molecule has 1 atom stereocenters. The Morgan fingerprint density at radius 2 is 1.40 bits per heavy atom. The maximum atomic E-state index is 12.6. The third-order valence-electron chi connectivity index (χ3n) is 4.08. The minimum Gasteiger partial charge on any atom is -0.267 e. The van der Waals surface area contributed by atoms with Crippen molar-refractivity contribution in [1.82, 2.24) is 30.0 Å². The summed E-state index contributed by atoms with van der Waals surface area (Å²) in [5.41, 5.74) is 0.580. The zero-order valence-corrected chi connectivity index (χ0v) is 13.4. The second kappa shape index (κ2) is 5.90. The lowest BCUT2D eigenvalue weighted by atomic mass is 10.2. The van der Waals surface area contributed by atoms with Crippen LogP contribution in [0.1, 0.15) is 13.0 Å². The molecule has 2 aromatic carbocycles. The van der Waals surface area contributed by atoms with E-state index in [1.165, 1.54) is 9.36 Å². The monoisotopic (exact) mass is 334 g/mol. The van der Waals surface area contributed by atoms with Gasteiger partial charge in [0.2, 0.25) is 0 Å². The molecule has 0 aliphatic heterocycles. The lowest BCUT2D eigenvalue weighted by Gasteiger charge is -2.14. The highest BCUT2D eigenvalue weighted by molar-refractivity contribution is 5.77. The van der Waals surface area contributed by atoms with Gasteiger partial charge < -0.3 is 0 Å².